The monoisotopic (exact) mass is 430 g/mol. The molecule has 1 aliphatic carbocycles. The molecule has 31 heavy (non-hydrogen) atoms. The van der Waals surface area contributed by atoms with Gasteiger partial charge in [0, 0.05) is 26.1 Å². The molecule has 1 unspecified atom stereocenters. The largest absolute Gasteiger partial charge is 0.494 e. The van der Waals surface area contributed by atoms with Gasteiger partial charge in [-0.25, -0.2) is 4.39 Å². The maximum absolute atomic E-state index is 14.2. The van der Waals surface area contributed by atoms with E-state index >= 15 is 0 Å². The van der Waals surface area contributed by atoms with Crippen molar-refractivity contribution in [1.82, 2.24) is 25.4 Å². The van der Waals surface area contributed by atoms with Crippen molar-refractivity contribution in [3.63, 3.8) is 0 Å². The summed E-state index contributed by atoms with van der Waals surface area (Å²) >= 11 is 0. The third-order valence-corrected chi connectivity index (χ3v) is 5.92. The van der Waals surface area contributed by atoms with Crippen molar-refractivity contribution in [2.24, 2.45) is 10.9 Å². The summed E-state index contributed by atoms with van der Waals surface area (Å²) < 4.78 is 21.2. The summed E-state index contributed by atoms with van der Waals surface area (Å²) in [6.07, 6.45) is 9.03. The van der Waals surface area contributed by atoms with E-state index in [0.29, 0.717) is 12.5 Å². The standard InChI is InChI=1S/C23H35FN6O/c1-4-22-29-27-16-30(22)13-12-25-23(26-15-18-8-6-5-7-9-18)28-17(2)19-10-11-21(31-3)20(24)14-19/h10-11,14,16-18H,4-9,12-13,15H2,1-3H3,(H2,25,26,28). The molecular formula is C23H35FN6O. The molecule has 0 aliphatic heterocycles. The van der Waals surface area contributed by atoms with Gasteiger partial charge >= 0.3 is 0 Å². The molecule has 2 N–H and O–H groups in total. The topological polar surface area (TPSA) is 76.4 Å². The minimum atomic E-state index is -0.359. The number of aryl methyl sites for hydroxylation is 1. The Morgan fingerprint density at radius 1 is 1.32 bits per heavy atom. The number of halogens is 1. The first-order chi connectivity index (χ1) is 15.1. The molecule has 1 fully saturated rings. The molecule has 1 atom stereocenters. The molecule has 1 aromatic carbocycles. The first-order valence-corrected chi connectivity index (χ1v) is 11.4. The minimum absolute atomic E-state index is 0.0980. The quantitative estimate of drug-likeness (QED) is 0.467. The van der Waals surface area contributed by atoms with Gasteiger partial charge in [0.2, 0.25) is 0 Å². The van der Waals surface area contributed by atoms with Crippen LogP contribution < -0.4 is 15.4 Å². The Morgan fingerprint density at radius 3 is 2.84 bits per heavy atom. The summed E-state index contributed by atoms with van der Waals surface area (Å²) in [5.41, 5.74) is 0.845. The SMILES string of the molecule is CCc1nncn1CCNC(=NCC1CCCCC1)NC(C)c1ccc(OC)c(F)c1. The molecule has 170 valence electrons. The molecule has 0 radical (unpaired) electrons. The van der Waals surface area contributed by atoms with Crippen molar-refractivity contribution in [3.8, 4) is 5.75 Å². The third-order valence-electron chi connectivity index (χ3n) is 5.92. The first-order valence-electron chi connectivity index (χ1n) is 11.4. The molecule has 1 saturated carbocycles. The molecule has 1 aliphatic rings. The van der Waals surface area contributed by atoms with Crippen molar-refractivity contribution in [2.75, 3.05) is 20.2 Å². The molecule has 0 amide bonds. The smallest absolute Gasteiger partial charge is 0.191 e. The number of guanidine groups is 1. The lowest BCUT2D eigenvalue weighted by molar-refractivity contribution is 0.366. The summed E-state index contributed by atoms with van der Waals surface area (Å²) in [4.78, 5) is 4.87. The molecule has 0 bridgehead atoms. The number of nitrogens with zero attached hydrogens (tertiary/aromatic N) is 4. The lowest BCUT2D eigenvalue weighted by atomic mass is 9.89. The van der Waals surface area contributed by atoms with Crippen molar-refractivity contribution >= 4 is 5.96 Å². The Hall–Kier alpha value is -2.64. The Bertz CT molecular complexity index is 846. The normalized spacial score (nSPS) is 16.2. The first kappa shape index (κ1) is 23.0. The predicted molar refractivity (Wildman–Crippen MR) is 121 cm³/mol. The van der Waals surface area contributed by atoms with Gasteiger partial charge in [0.05, 0.1) is 13.2 Å². The van der Waals surface area contributed by atoms with E-state index in [-0.39, 0.29) is 17.6 Å². The van der Waals surface area contributed by atoms with Crippen LogP contribution in [0.5, 0.6) is 5.75 Å². The zero-order chi connectivity index (χ0) is 22.1. The van der Waals surface area contributed by atoms with Crippen molar-refractivity contribution < 1.29 is 9.13 Å². The summed E-state index contributed by atoms with van der Waals surface area (Å²) in [5.74, 6) is 2.26. The van der Waals surface area contributed by atoms with Crippen LogP contribution in [0.15, 0.2) is 29.5 Å². The summed E-state index contributed by atoms with van der Waals surface area (Å²) in [7, 11) is 1.47. The summed E-state index contributed by atoms with van der Waals surface area (Å²) in [6, 6.07) is 4.95. The molecule has 0 saturated heterocycles. The van der Waals surface area contributed by atoms with Crippen LogP contribution in [0.1, 0.15) is 63.4 Å². The van der Waals surface area contributed by atoms with Crippen molar-refractivity contribution in [2.45, 2.75) is 65.0 Å². The van der Waals surface area contributed by atoms with Gasteiger partial charge < -0.3 is 19.9 Å². The summed E-state index contributed by atoms with van der Waals surface area (Å²) in [6.45, 7) is 6.35. The zero-order valence-electron chi connectivity index (χ0n) is 18.9. The highest BCUT2D eigenvalue weighted by molar-refractivity contribution is 5.80. The van der Waals surface area contributed by atoms with Crippen molar-refractivity contribution in [3.05, 3.63) is 41.7 Å². The number of benzene rings is 1. The maximum Gasteiger partial charge on any atom is 0.191 e. The van der Waals surface area contributed by atoms with Crippen LogP contribution >= 0.6 is 0 Å². The Balaban J connectivity index is 1.64. The van der Waals surface area contributed by atoms with Gasteiger partial charge in [0.15, 0.2) is 17.5 Å². The van der Waals surface area contributed by atoms with Crippen LogP contribution in [0.4, 0.5) is 4.39 Å². The van der Waals surface area contributed by atoms with Crippen LogP contribution in [0.2, 0.25) is 0 Å². The van der Waals surface area contributed by atoms with Gasteiger partial charge in [-0.3, -0.25) is 4.99 Å². The van der Waals surface area contributed by atoms with Gasteiger partial charge in [-0.1, -0.05) is 32.3 Å². The van der Waals surface area contributed by atoms with Gasteiger partial charge in [-0.15, -0.1) is 10.2 Å². The van der Waals surface area contributed by atoms with E-state index in [1.807, 2.05) is 17.6 Å². The highest BCUT2D eigenvalue weighted by Crippen LogP contribution is 2.24. The number of aliphatic imine (C=N–C) groups is 1. The Morgan fingerprint density at radius 2 is 2.13 bits per heavy atom. The van der Waals surface area contributed by atoms with Gasteiger partial charge in [-0.05, 0) is 43.4 Å². The second kappa shape index (κ2) is 11.7. The van der Waals surface area contributed by atoms with Crippen LogP contribution in [0, 0.1) is 11.7 Å². The molecule has 1 aromatic heterocycles. The van der Waals surface area contributed by atoms with Crippen LogP contribution in [0.3, 0.4) is 0 Å². The molecule has 0 spiro atoms. The average molecular weight is 431 g/mol. The average Bonchev–Trinajstić information content (AvgIpc) is 3.25. The van der Waals surface area contributed by atoms with Crippen LogP contribution in [-0.2, 0) is 13.0 Å². The second-order valence-corrected chi connectivity index (χ2v) is 8.17. The van der Waals surface area contributed by atoms with E-state index in [0.717, 1.165) is 36.9 Å². The molecule has 3 rings (SSSR count). The van der Waals surface area contributed by atoms with E-state index in [9.17, 15) is 4.39 Å². The molecule has 1 heterocycles. The van der Waals surface area contributed by atoms with E-state index in [4.69, 9.17) is 9.73 Å². The fourth-order valence-corrected chi connectivity index (χ4v) is 4.02. The lowest BCUT2D eigenvalue weighted by Crippen LogP contribution is -2.40. The van der Waals surface area contributed by atoms with Gasteiger partial charge in [0.1, 0.15) is 12.2 Å². The molecular weight excluding hydrogens is 395 g/mol. The highest BCUT2D eigenvalue weighted by atomic mass is 19.1. The number of ether oxygens (including phenoxy) is 1. The minimum Gasteiger partial charge on any atom is -0.494 e. The highest BCUT2D eigenvalue weighted by Gasteiger charge is 2.15. The van der Waals surface area contributed by atoms with E-state index in [1.165, 1.54) is 45.3 Å². The number of hydrogen-bond acceptors (Lipinski definition) is 4. The third kappa shape index (κ3) is 6.67. The fourth-order valence-electron chi connectivity index (χ4n) is 4.02. The predicted octanol–water partition coefficient (Wildman–Crippen LogP) is 3.86. The van der Waals surface area contributed by atoms with Gasteiger partial charge in [-0.2, -0.15) is 0 Å². The number of aromatic nitrogens is 3. The number of hydrogen-bond donors (Lipinski definition) is 2. The fraction of sp³-hybridized carbons (Fsp3) is 0.609. The molecule has 8 heteroatoms. The second-order valence-electron chi connectivity index (χ2n) is 8.17. The number of rotatable bonds is 9. The number of nitrogens with one attached hydrogen (secondary N) is 2. The molecule has 7 nitrogen and oxygen atoms in total. The van der Waals surface area contributed by atoms with E-state index in [1.54, 1.807) is 12.4 Å². The summed E-state index contributed by atoms with van der Waals surface area (Å²) in [5, 5.41) is 15.0. The van der Waals surface area contributed by atoms with E-state index < -0.39 is 0 Å². The van der Waals surface area contributed by atoms with E-state index in [2.05, 4.69) is 27.8 Å². The van der Waals surface area contributed by atoms with Crippen LogP contribution in [-0.4, -0.2) is 40.9 Å². The Kier molecular flexibility index (Phi) is 8.67. The molecule has 2 aromatic rings. The maximum atomic E-state index is 14.2. The number of methoxy groups -OCH3 is 1. The zero-order valence-corrected chi connectivity index (χ0v) is 18.9. The van der Waals surface area contributed by atoms with Crippen LogP contribution in [0.25, 0.3) is 0 Å². The van der Waals surface area contributed by atoms with Crippen molar-refractivity contribution in [1.29, 1.82) is 0 Å². The lowest BCUT2D eigenvalue weighted by Gasteiger charge is -2.22. The van der Waals surface area contributed by atoms with Gasteiger partial charge in [0.25, 0.3) is 0 Å². The Labute approximate surface area is 184 Å².